The number of amides is 1. The number of hydrogen-bond donors (Lipinski definition) is 2. The summed E-state index contributed by atoms with van der Waals surface area (Å²) in [6, 6.07) is 9.31. The predicted octanol–water partition coefficient (Wildman–Crippen LogP) is 2.52. The van der Waals surface area contributed by atoms with Gasteiger partial charge in [0.25, 0.3) is 0 Å². The number of benzene rings is 1. The van der Waals surface area contributed by atoms with Gasteiger partial charge < -0.3 is 20.3 Å². The van der Waals surface area contributed by atoms with Gasteiger partial charge in [0, 0.05) is 43.3 Å². The fourth-order valence-electron chi connectivity index (χ4n) is 2.81. The van der Waals surface area contributed by atoms with Gasteiger partial charge in [-0.15, -0.1) is 0 Å². The van der Waals surface area contributed by atoms with Gasteiger partial charge in [0.15, 0.2) is 0 Å². The number of nitrogens with zero attached hydrogens (tertiary/aromatic N) is 3. The molecule has 148 valence electrons. The van der Waals surface area contributed by atoms with Gasteiger partial charge in [-0.05, 0) is 24.6 Å². The lowest BCUT2D eigenvalue weighted by atomic mass is 10.2. The van der Waals surface area contributed by atoms with E-state index in [1.165, 1.54) is 6.08 Å². The van der Waals surface area contributed by atoms with Crippen LogP contribution in [-0.4, -0.2) is 55.3 Å². The highest BCUT2D eigenvalue weighted by Gasteiger charge is 2.14. The zero-order valence-corrected chi connectivity index (χ0v) is 16.6. The monoisotopic (exact) mass is 401 g/mol. The number of halogens is 1. The Morgan fingerprint density at radius 2 is 2.04 bits per heavy atom. The lowest BCUT2D eigenvalue weighted by molar-refractivity contribution is -0.116. The van der Waals surface area contributed by atoms with Gasteiger partial charge in [-0.3, -0.25) is 4.79 Å². The molecule has 1 fully saturated rings. The zero-order chi connectivity index (χ0) is 19.8. The molecule has 1 amide bonds. The number of carbonyl (C=O) groups is 1. The summed E-state index contributed by atoms with van der Waals surface area (Å²) < 4.78 is 5.38. The quantitative estimate of drug-likeness (QED) is 0.548. The van der Waals surface area contributed by atoms with Crippen LogP contribution in [0.15, 0.2) is 36.4 Å². The van der Waals surface area contributed by atoms with Crippen LogP contribution in [0.2, 0.25) is 5.02 Å². The Morgan fingerprint density at radius 3 is 2.82 bits per heavy atom. The molecule has 0 unspecified atom stereocenters. The Morgan fingerprint density at radius 1 is 1.25 bits per heavy atom. The smallest absolute Gasteiger partial charge is 0.244 e. The van der Waals surface area contributed by atoms with Crippen LogP contribution >= 0.6 is 11.6 Å². The summed E-state index contributed by atoms with van der Waals surface area (Å²) in [5.41, 5.74) is 0.810. The predicted molar refractivity (Wildman–Crippen MR) is 112 cm³/mol. The van der Waals surface area contributed by atoms with Crippen molar-refractivity contribution in [1.29, 1.82) is 0 Å². The molecule has 1 aliphatic heterocycles. The largest absolute Gasteiger partial charge is 0.378 e. The SMILES string of the molecule is Cc1nc(NCCNC(=O)/C=C/c2ccccc2Cl)cc(N2CCOCC2)n1. The number of hydrogen-bond acceptors (Lipinski definition) is 6. The van der Waals surface area contributed by atoms with Crippen LogP contribution in [0.5, 0.6) is 0 Å². The molecule has 1 aliphatic rings. The van der Waals surface area contributed by atoms with Crippen molar-refractivity contribution in [2.24, 2.45) is 0 Å². The first-order valence-corrected chi connectivity index (χ1v) is 9.62. The summed E-state index contributed by atoms with van der Waals surface area (Å²) in [5.74, 6) is 2.17. The van der Waals surface area contributed by atoms with Crippen molar-refractivity contribution in [1.82, 2.24) is 15.3 Å². The zero-order valence-electron chi connectivity index (χ0n) is 15.8. The maximum Gasteiger partial charge on any atom is 0.244 e. The van der Waals surface area contributed by atoms with E-state index in [2.05, 4.69) is 25.5 Å². The van der Waals surface area contributed by atoms with Crippen molar-refractivity contribution in [2.45, 2.75) is 6.92 Å². The first-order valence-electron chi connectivity index (χ1n) is 9.24. The minimum absolute atomic E-state index is 0.172. The van der Waals surface area contributed by atoms with E-state index < -0.39 is 0 Å². The van der Waals surface area contributed by atoms with Crippen LogP contribution < -0.4 is 15.5 Å². The number of carbonyl (C=O) groups excluding carboxylic acids is 1. The highest BCUT2D eigenvalue weighted by Crippen LogP contribution is 2.17. The molecule has 2 heterocycles. The highest BCUT2D eigenvalue weighted by molar-refractivity contribution is 6.32. The number of anilines is 2. The number of morpholine rings is 1. The summed E-state index contributed by atoms with van der Waals surface area (Å²) in [6.07, 6.45) is 3.18. The third kappa shape index (κ3) is 5.94. The van der Waals surface area contributed by atoms with E-state index in [9.17, 15) is 4.79 Å². The third-order valence-electron chi connectivity index (χ3n) is 4.21. The maximum atomic E-state index is 11.9. The van der Waals surface area contributed by atoms with Gasteiger partial charge in [-0.1, -0.05) is 29.8 Å². The third-order valence-corrected chi connectivity index (χ3v) is 4.55. The fourth-order valence-corrected chi connectivity index (χ4v) is 3.01. The average molecular weight is 402 g/mol. The molecule has 1 aromatic heterocycles. The number of nitrogens with one attached hydrogen (secondary N) is 2. The van der Waals surface area contributed by atoms with Gasteiger partial charge in [-0.2, -0.15) is 0 Å². The number of ether oxygens (including phenoxy) is 1. The molecule has 0 bridgehead atoms. The molecule has 0 aliphatic carbocycles. The molecular weight excluding hydrogens is 378 g/mol. The molecule has 0 radical (unpaired) electrons. The fraction of sp³-hybridized carbons (Fsp3) is 0.350. The highest BCUT2D eigenvalue weighted by atomic mass is 35.5. The van der Waals surface area contributed by atoms with E-state index in [-0.39, 0.29) is 5.91 Å². The summed E-state index contributed by atoms with van der Waals surface area (Å²) in [5, 5.41) is 6.68. The standard InChI is InChI=1S/C20H24ClN5O2/c1-15-24-18(14-19(25-15)26-10-12-28-13-11-26)22-8-9-23-20(27)7-6-16-4-2-3-5-17(16)21/h2-7,14H,8-13H2,1H3,(H,23,27)(H,22,24,25)/b7-6+. The number of aromatic nitrogens is 2. The molecule has 1 saturated heterocycles. The molecule has 8 heteroatoms. The van der Waals surface area contributed by atoms with Crippen molar-refractivity contribution in [3.8, 4) is 0 Å². The van der Waals surface area contributed by atoms with Gasteiger partial charge in [0.05, 0.1) is 13.2 Å². The molecule has 7 nitrogen and oxygen atoms in total. The Hall–Kier alpha value is -2.64. The summed E-state index contributed by atoms with van der Waals surface area (Å²) in [4.78, 5) is 23.0. The minimum atomic E-state index is -0.172. The molecular formula is C20H24ClN5O2. The lowest BCUT2D eigenvalue weighted by Gasteiger charge is -2.28. The molecule has 0 atom stereocenters. The summed E-state index contributed by atoms with van der Waals surface area (Å²) in [7, 11) is 0. The van der Waals surface area contributed by atoms with Crippen molar-refractivity contribution < 1.29 is 9.53 Å². The van der Waals surface area contributed by atoms with Crippen molar-refractivity contribution in [2.75, 3.05) is 49.6 Å². The number of rotatable bonds is 7. The van der Waals surface area contributed by atoms with E-state index in [0.29, 0.717) is 37.2 Å². The Balaban J connectivity index is 1.46. The topological polar surface area (TPSA) is 79.4 Å². The normalized spacial score (nSPS) is 14.3. The minimum Gasteiger partial charge on any atom is -0.378 e. The molecule has 0 saturated carbocycles. The number of aryl methyl sites for hydroxylation is 1. The van der Waals surface area contributed by atoms with Gasteiger partial charge in [0.2, 0.25) is 5.91 Å². The van der Waals surface area contributed by atoms with E-state index in [4.69, 9.17) is 16.3 Å². The van der Waals surface area contributed by atoms with Crippen LogP contribution in [0.4, 0.5) is 11.6 Å². The van der Waals surface area contributed by atoms with Crippen LogP contribution in [-0.2, 0) is 9.53 Å². The Kier molecular flexibility index (Phi) is 7.22. The van der Waals surface area contributed by atoms with Crippen LogP contribution in [0, 0.1) is 6.92 Å². The second-order valence-electron chi connectivity index (χ2n) is 6.33. The van der Waals surface area contributed by atoms with Crippen molar-refractivity contribution in [3.63, 3.8) is 0 Å². The first kappa shape index (κ1) is 20.1. The Bertz CT molecular complexity index is 837. The summed E-state index contributed by atoms with van der Waals surface area (Å²) >= 11 is 6.07. The molecule has 2 aromatic rings. The van der Waals surface area contributed by atoms with Gasteiger partial charge in [-0.25, -0.2) is 9.97 Å². The first-order chi connectivity index (χ1) is 13.6. The van der Waals surface area contributed by atoms with Crippen LogP contribution in [0.3, 0.4) is 0 Å². The maximum absolute atomic E-state index is 11.9. The van der Waals surface area contributed by atoms with E-state index in [1.807, 2.05) is 31.2 Å². The molecule has 0 spiro atoms. The lowest BCUT2D eigenvalue weighted by Crippen LogP contribution is -2.37. The van der Waals surface area contributed by atoms with E-state index >= 15 is 0 Å². The molecule has 28 heavy (non-hydrogen) atoms. The van der Waals surface area contributed by atoms with Gasteiger partial charge >= 0.3 is 0 Å². The van der Waals surface area contributed by atoms with Crippen molar-refractivity contribution in [3.05, 3.63) is 52.8 Å². The molecule has 1 aromatic carbocycles. The second-order valence-corrected chi connectivity index (χ2v) is 6.74. The summed E-state index contributed by atoms with van der Waals surface area (Å²) in [6.45, 7) is 5.97. The van der Waals surface area contributed by atoms with Gasteiger partial charge in [0.1, 0.15) is 17.5 Å². The molecule has 2 N–H and O–H groups in total. The Labute approximate surface area is 169 Å². The van der Waals surface area contributed by atoms with Crippen LogP contribution in [0.25, 0.3) is 6.08 Å². The van der Waals surface area contributed by atoms with Crippen molar-refractivity contribution >= 4 is 35.2 Å². The average Bonchev–Trinajstić information content (AvgIpc) is 2.71. The van der Waals surface area contributed by atoms with E-state index in [1.54, 1.807) is 12.1 Å². The van der Waals surface area contributed by atoms with Crippen LogP contribution in [0.1, 0.15) is 11.4 Å². The molecule has 3 rings (SSSR count). The van der Waals surface area contributed by atoms with E-state index in [0.717, 1.165) is 30.3 Å². The second kappa shape index (κ2) is 10.1.